The summed E-state index contributed by atoms with van der Waals surface area (Å²) in [5, 5.41) is 8.62. The summed E-state index contributed by atoms with van der Waals surface area (Å²) in [6.07, 6.45) is 3.82. The first-order valence-corrected chi connectivity index (χ1v) is 6.53. The molecule has 2 aliphatic rings. The van der Waals surface area contributed by atoms with Crippen LogP contribution in [-0.2, 0) is 14.6 Å². The van der Waals surface area contributed by atoms with Crippen molar-refractivity contribution in [2.75, 3.05) is 13.1 Å². The predicted octanol–water partition coefficient (Wildman–Crippen LogP) is 0.183. The van der Waals surface area contributed by atoms with Gasteiger partial charge in [0.25, 0.3) is 0 Å². The Balaban J connectivity index is 2.25. The highest BCUT2D eigenvalue weighted by Crippen LogP contribution is 2.22. The Labute approximate surface area is 93.2 Å². The van der Waals surface area contributed by atoms with Crippen LogP contribution in [-0.4, -0.2) is 42.7 Å². The molecule has 2 heterocycles. The van der Waals surface area contributed by atoms with E-state index in [0.29, 0.717) is 13.1 Å². The van der Waals surface area contributed by atoms with Crippen molar-refractivity contribution in [2.45, 2.75) is 19.3 Å². The van der Waals surface area contributed by atoms with Crippen LogP contribution in [0.15, 0.2) is 16.1 Å². The summed E-state index contributed by atoms with van der Waals surface area (Å²) in [6, 6.07) is 0. The first-order valence-electron chi connectivity index (χ1n) is 5.05. The van der Waals surface area contributed by atoms with Crippen molar-refractivity contribution in [3.8, 4) is 0 Å². The molecule has 0 spiro atoms. The van der Waals surface area contributed by atoms with Crippen LogP contribution in [0.3, 0.4) is 0 Å². The molecule has 16 heavy (non-hydrogen) atoms. The maximum Gasteiger partial charge on any atom is 0.349 e. The molecule has 0 saturated carbocycles. The van der Waals surface area contributed by atoms with Crippen LogP contribution in [0.1, 0.15) is 19.3 Å². The third-order valence-corrected chi connectivity index (χ3v) is 4.36. The number of aliphatic imine (C=N–C) groups is 1. The highest BCUT2D eigenvalue weighted by molar-refractivity contribution is 8.10. The number of carboxylic acids is 1. The van der Waals surface area contributed by atoms with Gasteiger partial charge in [0, 0.05) is 13.1 Å². The smallest absolute Gasteiger partial charge is 0.349 e. The van der Waals surface area contributed by atoms with E-state index in [1.165, 1.54) is 0 Å². The monoisotopic (exact) mass is 244 g/mol. The van der Waals surface area contributed by atoms with E-state index in [1.807, 2.05) is 0 Å². The number of piperidine rings is 1. The zero-order valence-electron chi connectivity index (χ0n) is 8.59. The number of sulfone groups is 1. The Hall–Kier alpha value is -1.37. The molecule has 88 valence electrons. The molecule has 0 bridgehead atoms. The summed E-state index contributed by atoms with van der Waals surface area (Å²) in [6.45, 7) is 1.25. The van der Waals surface area contributed by atoms with Gasteiger partial charge in [0.2, 0.25) is 15.0 Å². The molecule has 6 nitrogen and oxygen atoms in total. The van der Waals surface area contributed by atoms with E-state index in [2.05, 4.69) is 4.99 Å². The van der Waals surface area contributed by atoms with Crippen LogP contribution < -0.4 is 0 Å². The molecule has 0 radical (unpaired) electrons. The minimum Gasteiger partial charge on any atom is -0.477 e. The zero-order chi connectivity index (χ0) is 11.8. The topological polar surface area (TPSA) is 87.0 Å². The number of aliphatic carboxylic acids is 1. The Morgan fingerprint density at radius 1 is 1.31 bits per heavy atom. The van der Waals surface area contributed by atoms with Gasteiger partial charge in [-0.15, -0.1) is 0 Å². The Kier molecular flexibility index (Phi) is 2.71. The van der Waals surface area contributed by atoms with Gasteiger partial charge in [-0.25, -0.2) is 18.2 Å². The molecule has 7 heteroatoms. The molecule has 2 rings (SSSR count). The lowest BCUT2D eigenvalue weighted by molar-refractivity contribution is -0.131. The Bertz CT molecular complexity index is 472. The second-order valence-electron chi connectivity index (χ2n) is 3.76. The van der Waals surface area contributed by atoms with Crippen molar-refractivity contribution >= 4 is 21.0 Å². The molecule has 1 fully saturated rings. The maximum atomic E-state index is 11.8. The summed E-state index contributed by atoms with van der Waals surface area (Å²) >= 11 is 0. The third kappa shape index (κ3) is 1.71. The second-order valence-corrected chi connectivity index (χ2v) is 5.57. The van der Waals surface area contributed by atoms with E-state index in [4.69, 9.17) is 5.11 Å². The van der Waals surface area contributed by atoms with Crippen molar-refractivity contribution in [1.82, 2.24) is 4.90 Å². The minimum absolute atomic E-state index is 0.107. The quantitative estimate of drug-likeness (QED) is 0.711. The van der Waals surface area contributed by atoms with Gasteiger partial charge in [-0.2, -0.15) is 0 Å². The van der Waals surface area contributed by atoms with E-state index in [-0.39, 0.29) is 5.17 Å². The molecule has 0 aromatic heterocycles. The lowest BCUT2D eigenvalue weighted by Gasteiger charge is -2.27. The van der Waals surface area contributed by atoms with Crippen LogP contribution in [0.2, 0.25) is 0 Å². The summed E-state index contributed by atoms with van der Waals surface area (Å²) in [5.74, 6) is -1.45. The first kappa shape index (κ1) is 11.1. The SMILES string of the molecule is O=C(O)C1=CN=C(N2CCCCC2)S1(=O)=O. The third-order valence-electron chi connectivity index (χ3n) is 2.66. The minimum atomic E-state index is -3.89. The van der Waals surface area contributed by atoms with Crippen molar-refractivity contribution in [3.63, 3.8) is 0 Å². The molecule has 0 atom stereocenters. The van der Waals surface area contributed by atoms with Crippen LogP contribution in [0.25, 0.3) is 0 Å². The molecule has 0 aliphatic carbocycles. The number of hydrogen-bond donors (Lipinski definition) is 1. The van der Waals surface area contributed by atoms with Gasteiger partial charge in [-0.05, 0) is 19.3 Å². The van der Waals surface area contributed by atoms with E-state index in [0.717, 1.165) is 25.5 Å². The van der Waals surface area contributed by atoms with Crippen molar-refractivity contribution < 1.29 is 18.3 Å². The summed E-state index contributed by atoms with van der Waals surface area (Å²) in [5.41, 5.74) is 0. The van der Waals surface area contributed by atoms with Gasteiger partial charge < -0.3 is 10.0 Å². The van der Waals surface area contributed by atoms with Crippen LogP contribution in [0.5, 0.6) is 0 Å². The van der Waals surface area contributed by atoms with Crippen molar-refractivity contribution in [3.05, 3.63) is 11.1 Å². The number of rotatable bonds is 1. The highest BCUT2D eigenvalue weighted by atomic mass is 32.2. The van der Waals surface area contributed by atoms with Gasteiger partial charge >= 0.3 is 5.97 Å². The molecule has 1 N–H and O–H groups in total. The number of amidine groups is 1. The molecule has 0 unspecified atom stereocenters. The molecular weight excluding hydrogens is 232 g/mol. The van der Waals surface area contributed by atoms with Crippen LogP contribution in [0, 0.1) is 0 Å². The molecule has 1 saturated heterocycles. The van der Waals surface area contributed by atoms with E-state index < -0.39 is 20.7 Å². The molecule has 0 aromatic carbocycles. The Morgan fingerprint density at radius 2 is 1.94 bits per heavy atom. The van der Waals surface area contributed by atoms with Gasteiger partial charge in [-0.1, -0.05) is 0 Å². The second kappa shape index (κ2) is 3.89. The molecule has 0 amide bonds. The zero-order valence-corrected chi connectivity index (χ0v) is 9.40. The maximum absolute atomic E-state index is 11.8. The van der Waals surface area contributed by atoms with Gasteiger partial charge in [0.15, 0.2) is 4.91 Å². The number of likely N-dealkylation sites (tertiary alicyclic amines) is 1. The van der Waals surface area contributed by atoms with Crippen molar-refractivity contribution in [1.29, 1.82) is 0 Å². The average molecular weight is 244 g/mol. The number of carboxylic acid groups (broad SMARTS) is 1. The molecule has 2 aliphatic heterocycles. The van der Waals surface area contributed by atoms with Gasteiger partial charge in [0.1, 0.15) is 0 Å². The van der Waals surface area contributed by atoms with E-state index >= 15 is 0 Å². The van der Waals surface area contributed by atoms with Crippen molar-refractivity contribution in [2.24, 2.45) is 4.99 Å². The fourth-order valence-electron chi connectivity index (χ4n) is 1.86. The summed E-state index contributed by atoms with van der Waals surface area (Å²) < 4.78 is 23.6. The van der Waals surface area contributed by atoms with Gasteiger partial charge in [-0.3, -0.25) is 0 Å². The van der Waals surface area contributed by atoms with Gasteiger partial charge in [0.05, 0.1) is 6.20 Å². The largest absolute Gasteiger partial charge is 0.477 e. The fraction of sp³-hybridized carbons (Fsp3) is 0.556. The number of nitrogens with zero attached hydrogens (tertiary/aromatic N) is 2. The van der Waals surface area contributed by atoms with Crippen LogP contribution in [0.4, 0.5) is 0 Å². The lowest BCUT2D eigenvalue weighted by atomic mass is 10.1. The standard InChI is InChI=1S/C9H12N2O4S/c12-8(13)7-6-10-9(16(7,14)15)11-4-2-1-3-5-11/h6H,1-5H2,(H,12,13). The number of hydrogen-bond acceptors (Lipinski definition) is 5. The normalized spacial score (nSPS) is 23.9. The number of carbonyl (C=O) groups is 1. The Morgan fingerprint density at radius 3 is 2.44 bits per heavy atom. The average Bonchev–Trinajstić information content (AvgIpc) is 2.55. The molecule has 0 aromatic rings. The lowest BCUT2D eigenvalue weighted by Crippen LogP contribution is -2.39. The first-order chi connectivity index (χ1) is 7.53. The summed E-state index contributed by atoms with van der Waals surface area (Å²) in [4.78, 5) is 15.4. The van der Waals surface area contributed by atoms with E-state index in [9.17, 15) is 13.2 Å². The van der Waals surface area contributed by atoms with E-state index in [1.54, 1.807) is 4.90 Å². The van der Waals surface area contributed by atoms with Crippen LogP contribution >= 0.6 is 0 Å². The fourth-order valence-corrected chi connectivity index (χ4v) is 3.19. The summed E-state index contributed by atoms with van der Waals surface area (Å²) in [7, 11) is -3.89. The predicted molar refractivity (Wildman–Crippen MR) is 57.5 cm³/mol. The highest BCUT2D eigenvalue weighted by Gasteiger charge is 2.37. The molecular formula is C9H12N2O4S.